The van der Waals surface area contributed by atoms with E-state index in [0.717, 1.165) is 0 Å². The Morgan fingerprint density at radius 2 is 1.34 bits per heavy atom. The van der Waals surface area contributed by atoms with Crippen molar-refractivity contribution in [1.29, 1.82) is 0 Å². The Morgan fingerprint density at radius 3 is 2.00 bits per heavy atom. The van der Waals surface area contributed by atoms with Crippen LogP contribution in [0.1, 0.15) is 27.2 Å². The third-order valence-corrected chi connectivity index (χ3v) is 36.0. The molecule has 4 aromatic rings. The van der Waals surface area contributed by atoms with Crippen molar-refractivity contribution >= 4 is 52.2 Å². The minimum atomic E-state index is -1.92. The molecule has 41 heavy (non-hydrogen) atoms. The summed E-state index contributed by atoms with van der Waals surface area (Å²) in [5.74, 6) is -1.04. The predicted octanol–water partition coefficient (Wildman–Crippen LogP) is -0.00588. The number of aryl methyl sites for hydroxylation is 1. The van der Waals surface area contributed by atoms with Crippen molar-refractivity contribution < 1.29 is 45.7 Å². The molecule has 0 saturated heterocycles. The van der Waals surface area contributed by atoms with Crippen molar-refractivity contribution in [3.63, 3.8) is 0 Å². The van der Waals surface area contributed by atoms with Gasteiger partial charge in [-0.1, -0.05) is 0 Å². The van der Waals surface area contributed by atoms with Crippen molar-refractivity contribution in [2.75, 3.05) is 0 Å². The van der Waals surface area contributed by atoms with Gasteiger partial charge >= 0.3 is 247 Å². The van der Waals surface area contributed by atoms with Gasteiger partial charge in [-0.25, -0.2) is 0 Å². The second-order valence-electron chi connectivity index (χ2n) is 14.1. The summed E-state index contributed by atoms with van der Waals surface area (Å²) in [6, 6.07) is 29.4. The van der Waals surface area contributed by atoms with Crippen LogP contribution in [0.25, 0.3) is 28.3 Å². The van der Waals surface area contributed by atoms with E-state index in [1.165, 1.54) is 16.7 Å². The van der Waals surface area contributed by atoms with Crippen molar-refractivity contribution in [3.05, 3.63) is 95.1 Å². The van der Waals surface area contributed by atoms with Gasteiger partial charge in [0.15, 0.2) is 0 Å². The SMILES string of the molecule is CC1=Cc2c(ccc(C)c2-c2cc([Si](C)(C)C)cc([Si](C)(C)C)c2)[CH]1[Zr+2]1[c]2cccc3c2[SiH]1c1ccccc1-3.[Cl-].[Cl-]. The summed E-state index contributed by atoms with van der Waals surface area (Å²) >= 11 is -1.92. The number of benzene rings is 4. The molecular weight excluding hydrogens is 667 g/mol. The number of rotatable bonds is 4. The largest absolute Gasteiger partial charge is 1.00 e. The van der Waals surface area contributed by atoms with Crippen molar-refractivity contribution in [3.8, 4) is 22.3 Å². The van der Waals surface area contributed by atoms with Crippen LogP contribution in [-0.2, 0) is 20.9 Å². The summed E-state index contributed by atoms with van der Waals surface area (Å²) in [5.41, 5.74) is 12.4. The molecule has 0 nitrogen and oxygen atoms in total. The summed E-state index contributed by atoms with van der Waals surface area (Å²) in [6.07, 6.45) is 2.61. The molecule has 3 aliphatic rings. The fourth-order valence-corrected chi connectivity index (χ4v) is 36.2. The Morgan fingerprint density at radius 1 is 0.707 bits per heavy atom. The Kier molecular flexibility index (Phi) is 8.15. The number of fused-ring (bicyclic) bond motifs is 4. The monoisotopic (exact) mass is 703 g/mol. The second-order valence-corrected chi connectivity index (χ2v) is 39.3. The Balaban J connectivity index is 0.00000169. The van der Waals surface area contributed by atoms with Gasteiger partial charge in [-0.15, -0.1) is 0 Å². The normalized spacial score (nSPS) is 18.0. The van der Waals surface area contributed by atoms with Gasteiger partial charge in [0.1, 0.15) is 0 Å². The summed E-state index contributed by atoms with van der Waals surface area (Å²) in [5, 5.41) is 6.80. The van der Waals surface area contributed by atoms with Gasteiger partial charge in [0.2, 0.25) is 0 Å². The first-order chi connectivity index (χ1) is 18.4. The van der Waals surface area contributed by atoms with E-state index in [4.69, 9.17) is 0 Å². The molecular formula is C35H39Cl2Si3Zr. The average Bonchev–Trinajstić information content (AvgIpc) is 3.36. The minimum absolute atomic E-state index is 0. The molecule has 2 heterocycles. The first-order valence-corrected chi connectivity index (χ1v) is 30.2. The van der Waals surface area contributed by atoms with E-state index in [2.05, 4.69) is 132 Å². The Labute approximate surface area is 269 Å². The molecule has 2 aliphatic heterocycles. The second kappa shape index (κ2) is 10.7. The zero-order valence-corrected chi connectivity index (χ0v) is 32.5. The molecule has 0 amide bonds. The van der Waals surface area contributed by atoms with Crippen LogP contribution in [0, 0.1) is 6.92 Å². The maximum Gasteiger partial charge on any atom is -1.00 e. The molecule has 0 radical (unpaired) electrons. The van der Waals surface area contributed by atoms with E-state index in [1.54, 1.807) is 43.4 Å². The molecule has 0 N–H and O–H groups in total. The van der Waals surface area contributed by atoms with Crippen LogP contribution in [0.4, 0.5) is 0 Å². The zero-order valence-electron chi connectivity index (χ0n) is 25.4. The Bertz CT molecular complexity index is 1700. The van der Waals surface area contributed by atoms with Crippen LogP contribution in [0.15, 0.2) is 78.4 Å². The van der Waals surface area contributed by atoms with Crippen LogP contribution in [-0.4, -0.2) is 22.1 Å². The summed E-state index contributed by atoms with van der Waals surface area (Å²) in [4.78, 5) is 0. The molecule has 4 aromatic carbocycles. The van der Waals surface area contributed by atoms with Crippen LogP contribution < -0.4 is 48.8 Å². The summed E-state index contributed by atoms with van der Waals surface area (Å²) in [7, 11) is -2.90. The Hall–Kier alpha value is -1.27. The van der Waals surface area contributed by atoms with E-state index < -0.39 is 43.0 Å². The van der Waals surface area contributed by atoms with E-state index in [-0.39, 0.29) is 24.8 Å². The maximum atomic E-state index is 2.61. The maximum absolute atomic E-state index is 2.61. The summed E-state index contributed by atoms with van der Waals surface area (Å²) in [6.45, 7) is 19.8. The molecule has 0 aromatic heterocycles. The molecule has 2 atom stereocenters. The van der Waals surface area contributed by atoms with Crippen LogP contribution in [0.5, 0.6) is 0 Å². The molecule has 2 unspecified atom stereocenters. The van der Waals surface area contributed by atoms with Crippen molar-refractivity contribution in [1.82, 2.24) is 0 Å². The van der Waals surface area contributed by atoms with E-state index in [9.17, 15) is 0 Å². The standard InChI is InChI=1S/C23H31Si2.C12H8Si.2ClH.Zr/c1-16-11-18-10-9-17(2)23(22(18)12-16)19-13-20(24(3,4)5)15-21(14-19)25(6,7)8;1-3-7-11-9(5-1)10-6-2-4-8-12(10)13-11;;;/h9-15H,1-8H3;1-7,13H;2*1H;/q;;;;+2/p-2. The topological polar surface area (TPSA) is 0 Å². The first kappa shape index (κ1) is 31.2. The summed E-state index contributed by atoms with van der Waals surface area (Å²) < 4.78 is 2.53. The minimum Gasteiger partial charge on any atom is -1.00 e. The molecule has 7 rings (SSSR count). The fraction of sp³-hybridized carbons (Fsp3) is 0.257. The molecule has 0 spiro atoms. The molecule has 6 heteroatoms. The van der Waals surface area contributed by atoms with Crippen molar-refractivity contribution in [2.45, 2.75) is 56.8 Å². The van der Waals surface area contributed by atoms with Crippen LogP contribution in [0.2, 0.25) is 39.3 Å². The van der Waals surface area contributed by atoms with Crippen molar-refractivity contribution in [2.24, 2.45) is 0 Å². The quantitative estimate of drug-likeness (QED) is 0.263. The molecule has 209 valence electrons. The average molecular weight is 706 g/mol. The van der Waals surface area contributed by atoms with Crippen LogP contribution >= 0.6 is 0 Å². The molecule has 0 fully saturated rings. The van der Waals surface area contributed by atoms with E-state index >= 15 is 0 Å². The molecule has 0 bridgehead atoms. The number of hydrogen-bond donors (Lipinski definition) is 0. The fourth-order valence-electron chi connectivity index (χ4n) is 7.38. The molecule has 1 aliphatic carbocycles. The third-order valence-electron chi connectivity index (χ3n) is 9.47. The first-order valence-electron chi connectivity index (χ1n) is 14.5. The van der Waals surface area contributed by atoms with Gasteiger partial charge in [-0.05, 0) is 0 Å². The predicted molar refractivity (Wildman–Crippen MR) is 177 cm³/mol. The van der Waals surface area contributed by atoms with Gasteiger partial charge in [-0.3, -0.25) is 0 Å². The van der Waals surface area contributed by atoms with Crippen LogP contribution in [0.3, 0.4) is 0 Å². The number of allylic oxidation sites excluding steroid dienone is 1. The van der Waals surface area contributed by atoms with Gasteiger partial charge in [0.05, 0.1) is 0 Å². The van der Waals surface area contributed by atoms with E-state index in [1.807, 2.05) is 8.46 Å². The third kappa shape index (κ3) is 4.76. The van der Waals surface area contributed by atoms with Gasteiger partial charge in [0.25, 0.3) is 0 Å². The number of hydrogen-bond acceptors (Lipinski definition) is 0. The van der Waals surface area contributed by atoms with Gasteiger partial charge in [-0.2, -0.15) is 0 Å². The smallest absolute Gasteiger partial charge is 1.00 e. The zero-order chi connectivity index (χ0) is 27.4. The molecule has 0 saturated carbocycles. The van der Waals surface area contributed by atoms with Gasteiger partial charge in [0, 0.05) is 0 Å². The number of halogens is 2. The van der Waals surface area contributed by atoms with E-state index in [0.29, 0.717) is 3.63 Å². The van der Waals surface area contributed by atoms with Gasteiger partial charge < -0.3 is 24.8 Å².